The van der Waals surface area contributed by atoms with E-state index in [1.807, 2.05) is 0 Å². The van der Waals surface area contributed by atoms with Gasteiger partial charge >= 0.3 is 0 Å². The van der Waals surface area contributed by atoms with Crippen LogP contribution < -0.4 is 5.32 Å². The smallest absolute Gasteiger partial charge is 0.0700 e. The van der Waals surface area contributed by atoms with Gasteiger partial charge in [0.15, 0.2) is 0 Å². The van der Waals surface area contributed by atoms with E-state index < -0.39 is 0 Å². The van der Waals surface area contributed by atoms with Crippen molar-refractivity contribution in [2.75, 3.05) is 5.32 Å². The summed E-state index contributed by atoms with van der Waals surface area (Å²) in [6, 6.07) is 25.7. The van der Waals surface area contributed by atoms with Crippen LogP contribution in [0.5, 0.6) is 0 Å². The largest absolute Gasteiger partial charge is 0.377 e. The Morgan fingerprint density at radius 2 is 1.50 bits per heavy atom. The summed E-state index contributed by atoms with van der Waals surface area (Å²) in [7, 11) is 0. The third-order valence-electron chi connectivity index (χ3n) is 4.21. The molecule has 0 unspecified atom stereocenters. The molecule has 0 aliphatic rings. The molecule has 108 valence electrons. The van der Waals surface area contributed by atoms with Crippen molar-refractivity contribution in [2.24, 2.45) is 0 Å². The van der Waals surface area contributed by atoms with Gasteiger partial charge in [0.2, 0.25) is 0 Å². The normalized spacial score (nSPS) is 12.6. The zero-order valence-corrected chi connectivity index (χ0v) is 12.5. The first-order chi connectivity index (χ1) is 10.8. The van der Waals surface area contributed by atoms with E-state index >= 15 is 0 Å². The van der Waals surface area contributed by atoms with Crippen molar-refractivity contribution in [3.8, 4) is 0 Å². The number of anilines is 1. The van der Waals surface area contributed by atoms with Crippen LogP contribution >= 0.6 is 0 Å². The maximum absolute atomic E-state index is 3.63. The molecule has 0 amide bonds. The first kappa shape index (κ1) is 13.0. The molecule has 0 saturated carbocycles. The summed E-state index contributed by atoms with van der Waals surface area (Å²) in [6.45, 7) is 2.19. The van der Waals surface area contributed by atoms with Gasteiger partial charge in [0, 0.05) is 22.3 Å². The number of fused-ring (bicyclic) bond motifs is 3. The lowest BCUT2D eigenvalue weighted by Crippen LogP contribution is -2.06. The molecule has 4 aromatic rings. The molecule has 3 aromatic carbocycles. The van der Waals surface area contributed by atoms with Crippen LogP contribution in [0, 0.1) is 0 Å². The summed E-state index contributed by atoms with van der Waals surface area (Å²) in [6.07, 6.45) is 0. The van der Waals surface area contributed by atoms with Crippen LogP contribution in [0.15, 0.2) is 72.8 Å². The molecule has 1 heterocycles. The molecular weight excluding hydrogens is 268 g/mol. The third-order valence-corrected chi connectivity index (χ3v) is 4.21. The Morgan fingerprint density at radius 1 is 0.773 bits per heavy atom. The van der Waals surface area contributed by atoms with E-state index in [1.165, 1.54) is 27.4 Å². The summed E-state index contributed by atoms with van der Waals surface area (Å²) in [5.41, 5.74) is 4.78. The molecule has 0 saturated heterocycles. The highest BCUT2D eigenvalue weighted by molar-refractivity contribution is 6.11. The minimum absolute atomic E-state index is 0.262. The van der Waals surface area contributed by atoms with E-state index in [1.54, 1.807) is 0 Å². The zero-order chi connectivity index (χ0) is 14.9. The second-order valence-electron chi connectivity index (χ2n) is 5.68. The predicted molar refractivity (Wildman–Crippen MR) is 94.3 cm³/mol. The number of H-pyrrole nitrogens is 1. The van der Waals surface area contributed by atoms with Crippen LogP contribution in [0.25, 0.3) is 21.8 Å². The second kappa shape index (κ2) is 5.23. The number of hydrogen-bond acceptors (Lipinski definition) is 1. The molecule has 0 aliphatic carbocycles. The highest BCUT2D eigenvalue weighted by Crippen LogP contribution is 2.31. The van der Waals surface area contributed by atoms with E-state index in [-0.39, 0.29) is 6.04 Å². The fourth-order valence-electron chi connectivity index (χ4n) is 3.05. The lowest BCUT2D eigenvalue weighted by atomic mass is 10.1. The Labute approximate surface area is 129 Å². The van der Waals surface area contributed by atoms with Gasteiger partial charge in [-0.25, -0.2) is 0 Å². The van der Waals surface area contributed by atoms with E-state index in [9.17, 15) is 0 Å². The average Bonchev–Trinajstić information content (AvgIpc) is 2.95. The van der Waals surface area contributed by atoms with Gasteiger partial charge < -0.3 is 10.3 Å². The molecule has 1 atom stereocenters. The monoisotopic (exact) mass is 286 g/mol. The highest BCUT2D eigenvalue weighted by atomic mass is 14.9. The van der Waals surface area contributed by atoms with Crippen molar-refractivity contribution in [3.05, 3.63) is 78.4 Å². The number of para-hydroxylation sites is 2. The zero-order valence-electron chi connectivity index (χ0n) is 12.5. The maximum Gasteiger partial charge on any atom is 0.0700 e. The van der Waals surface area contributed by atoms with Gasteiger partial charge in [0.1, 0.15) is 0 Å². The SMILES string of the molecule is C[C@@H](Nc1cccc2c1[nH]c1ccccc12)c1ccccc1. The van der Waals surface area contributed by atoms with Crippen molar-refractivity contribution >= 4 is 27.5 Å². The summed E-state index contributed by atoms with van der Waals surface area (Å²) < 4.78 is 0. The molecule has 22 heavy (non-hydrogen) atoms. The molecule has 0 bridgehead atoms. The lowest BCUT2D eigenvalue weighted by Gasteiger charge is -2.16. The minimum Gasteiger partial charge on any atom is -0.377 e. The number of benzene rings is 3. The fourth-order valence-corrected chi connectivity index (χ4v) is 3.05. The number of rotatable bonds is 3. The van der Waals surface area contributed by atoms with Gasteiger partial charge in [0.05, 0.1) is 11.2 Å². The number of hydrogen-bond donors (Lipinski definition) is 2. The van der Waals surface area contributed by atoms with E-state index in [0.717, 1.165) is 5.69 Å². The van der Waals surface area contributed by atoms with Crippen LogP contribution in [0.2, 0.25) is 0 Å². The second-order valence-corrected chi connectivity index (χ2v) is 5.68. The van der Waals surface area contributed by atoms with Gasteiger partial charge in [0.25, 0.3) is 0 Å². The van der Waals surface area contributed by atoms with E-state index in [0.29, 0.717) is 0 Å². The van der Waals surface area contributed by atoms with Crippen molar-refractivity contribution in [1.82, 2.24) is 4.98 Å². The molecule has 0 radical (unpaired) electrons. The Bertz CT molecular complexity index is 922. The number of aromatic nitrogens is 1. The number of aromatic amines is 1. The molecule has 2 N–H and O–H groups in total. The summed E-state index contributed by atoms with van der Waals surface area (Å²) in [5.74, 6) is 0. The standard InChI is InChI=1S/C20H18N2/c1-14(15-8-3-2-4-9-15)21-19-13-7-11-17-16-10-5-6-12-18(16)22-20(17)19/h2-14,21-22H,1H3/t14-/m1/s1. The number of nitrogens with one attached hydrogen (secondary N) is 2. The molecule has 1 aromatic heterocycles. The van der Waals surface area contributed by atoms with Crippen molar-refractivity contribution in [1.29, 1.82) is 0 Å². The van der Waals surface area contributed by atoms with E-state index in [4.69, 9.17) is 0 Å². The molecule has 4 rings (SSSR count). The van der Waals surface area contributed by atoms with Gasteiger partial charge in [-0.15, -0.1) is 0 Å². The molecule has 0 fully saturated rings. The minimum atomic E-state index is 0.262. The topological polar surface area (TPSA) is 27.8 Å². The highest BCUT2D eigenvalue weighted by Gasteiger charge is 2.10. The fraction of sp³-hybridized carbons (Fsp3) is 0.100. The van der Waals surface area contributed by atoms with Crippen LogP contribution in [0.4, 0.5) is 5.69 Å². The summed E-state index contributed by atoms with van der Waals surface area (Å²) >= 11 is 0. The van der Waals surface area contributed by atoms with Crippen molar-refractivity contribution < 1.29 is 0 Å². The molecule has 0 spiro atoms. The Hall–Kier alpha value is -2.74. The van der Waals surface area contributed by atoms with Gasteiger partial charge in [-0.05, 0) is 24.6 Å². The Balaban J connectivity index is 1.79. The quantitative estimate of drug-likeness (QED) is 0.512. The van der Waals surface area contributed by atoms with Crippen LogP contribution in [-0.2, 0) is 0 Å². The Kier molecular flexibility index (Phi) is 3.08. The Morgan fingerprint density at radius 3 is 2.36 bits per heavy atom. The van der Waals surface area contributed by atoms with Gasteiger partial charge in [-0.1, -0.05) is 60.7 Å². The predicted octanol–water partition coefficient (Wildman–Crippen LogP) is 5.49. The molecule has 0 aliphatic heterocycles. The molecule has 2 nitrogen and oxygen atoms in total. The summed E-state index contributed by atoms with van der Waals surface area (Å²) in [5, 5.41) is 6.17. The lowest BCUT2D eigenvalue weighted by molar-refractivity contribution is 0.886. The van der Waals surface area contributed by atoms with Crippen molar-refractivity contribution in [3.63, 3.8) is 0 Å². The maximum atomic E-state index is 3.63. The van der Waals surface area contributed by atoms with Crippen LogP contribution in [0.1, 0.15) is 18.5 Å². The first-order valence-corrected chi connectivity index (χ1v) is 7.64. The van der Waals surface area contributed by atoms with Crippen molar-refractivity contribution in [2.45, 2.75) is 13.0 Å². The summed E-state index contributed by atoms with van der Waals surface area (Å²) in [4.78, 5) is 3.54. The average molecular weight is 286 g/mol. The molecule has 2 heteroatoms. The third kappa shape index (κ3) is 2.13. The van der Waals surface area contributed by atoms with Crippen LogP contribution in [0.3, 0.4) is 0 Å². The first-order valence-electron chi connectivity index (χ1n) is 7.64. The van der Waals surface area contributed by atoms with Gasteiger partial charge in [-0.2, -0.15) is 0 Å². The van der Waals surface area contributed by atoms with Gasteiger partial charge in [-0.3, -0.25) is 0 Å². The molecular formula is C20H18N2. The van der Waals surface area contributed by atoms with E-state index in [2.05, 4.69) is 90.0 Å². The van der Waals surface area contributed by atoms with Crippen LogP contribution in [-0.4, -0.2) is 4.98 Å².